The van der Waals surface area contributed by atoms with E-state index in [1.807, 2.05) is 24.3 Å². The van der Waals surface area contributed by atoms with Gasteiger partial charge >= 0.3 is 6.09 Å². The van der Waals surface area contributed by atoms with Crippen LogP contribution in [0, 0.1) is 0 Å². The third-order valence-corrected chi connectivity index (χ3v) is 4.09. The van der Waals surface area contributed by atoms with Crippen molar-refractivity contribution in [1.29, 1.82) is 0 Å². The minimum Gasteiger partial charge on any atom is -0.450 e. The van der Waals surface area contributed by atoms with Crippen molar-refractivity contribution < 1.29 is 14.3 Å². The second-order valence-corrected chi connectivity index (χ2v) is 5.86. The molecular weight excluding hydrogens is 340 g/mol. The van der Waals surface area contributed by atoms with E-state index in [0.717, 1.165) is 16.7 Å². The minimum atomic E-state index is -0.525. The third-order valence-electron chi connectivity index (χ3n) is 3.76. The summed E-state index contributed by atoms with van der Waals surface area (Å²) in [4.78, 5) is 23.6. The van der Waals surface area contributed by atoms with Crippen molar-refractivity contribution in [2.75, 3.05) is 17.2 Å². The van der Waals surface area contributed by atoms with Crippen LogP contribution in [0.1, 0.15) is 24.5 Å². The molecule has 3 rings (SSSR count). The van der Waals surface area contributed by atoms with Crippen LogP contribution in [0.2, 0.25) is 5.02 Å². The Bertz CT molecular complexity index is 861. The molecule has 2 amide bonds. The number of anilines is 2. The molecule has 2 N–H and O–H groups in total. The van der Waals surface area contributed by atoms with Crippen LogP contribution < -0.4 is 10.6 Å². The van der Waals surface area contributed by atoms with Gasteiger partial charge in [0.05, 0.1) is 6.61 Å². The van der Waals surface area contributed by atoms with Crippen LogP contribution >= 0.6 is 11.6 Å². The van der Waals surface area contributed by atoms with E-state index in [4.69, 9.17) is 16.3 Å². The van der Waals surface area contributed by atoms with Gasteiger partial charge in [-0.15, -0.1) is 0 Å². The highest BCUT2D eigenvalue weighted by molar-refractivity contribution is 6.32. The summed E-state index contributed by atoms with van der Waals surface area (Å²) >= 11 is 6.34. The van der Waals surface area contributed by atoms with E-state index in [-0.39, 0.29) is 18.9 Å². The molecule has 1 aliphatic rings. The number of benzene rings is 2. The van der Waals surface area contributed by atoms with Gasteiger partial charge in [0.2, 0.25) is 5.91 Å². The fourth-order valence-electron chi connectivity index (χ4n) is 2.68. The molecule has 0 saturated carbocycles. The molecule has 25 heavy (non-hydrogen) atoms. The lowest BCUT2D eigenvalue weighted by Gasteiger charge is -2.15. The van der Waals surface area contributed by atoms with Gasteiger partial charge in [0, 0.05) is 33.9 Å². The van der Waals surface area contributed by atoms with Crippen LogP contribution in [0.4, 0.5) is 16.2 Å². The van der Waals surface area contributed by atoms with E-state index in [0.29, 0.717) is 16.4 Å². The third kappa shape index (κ3) is 3.83. The smallest absolute Gasteiger partial charge is 0.411 e. The Kier molecular flexibility index (Phi) is 5.05. The number of carbonyl (C=O) groups is 2. The molecule has 5 nitrogen and oxygen atoms in total. The van der Waals surface area contributed by atoms with Crippen LogP contribution in [0.25, 0.3) is 5.57 Å². The first-order valence-electron chi connectivity index (χ1n) is 7.91. The number of nitrogens with one attached hydrogen (secondary N) is 2. The van der Waals surface area contributed by atoms with E-state index < -0.39 is 6.09 Å². The van der Waals surface area contributed by atoms with Gasteiger partial charge in [-0.05, 0) is 36.8 Å². The molecule has 0 saturated heterocycles. The van der Waals surface area contributed by atoms with E-state index in [2.05, 4.69) is 10.6 Å². The number of carbonyl (C=O) groups excluding carboxylic acids is 2. The average molecular weight is 357 g/mol. The second-order valence-electron chi connectivity index (χ2n) is 5.46. The van der Waals surface area contributed by atoms with E-state index >= 15 is 0 Å². The van der Waals surface area contributed by atoms with E-state index in [1.54, 1.807) is 31.2 Å². The SMILES string of the molecule is CCOC(=O)Nc1ccc2c(c1)C(c1ccccc1Cl)=CCC(=O)N2. The molecule has 0 unspecified atom stereocenters. The first-order valence-corrected chi connectivity index (χ1v) is 8.29. The maximum absolute atomic E-state index is 12.0. The largest absolute Gasteiger partial charge is 0.450 e. The summed E-state index contributed by atoms with van der Waals surface area (Å²) in [6.45, 7) is 2.03. The molecule has 0 aromatic heterocycles. The topological polar surface area (TPSA) is 67.4 Å². The molecule has 0 atom stereocenters. The zero-order valence-electron chi connectivity index (χ0n) is 13.6. The van der Waals surface area contributed by atoms with Crippen LogP contribution in [-0.2, 0) is 9.53 Å². The van der Waals surface area contributed by atoms with Crippen molar-refractivity contribution in [2.45, 2.75) is 13.3 Å². The van der Waals surface area contributed by atoms with Crippen LogP contribution in [0.5, 0.6) is 0 Å². The van der Waals surface area contributed by atoms with Crippen molar-refractivity contribution in [3.63, 3.8) is 0 Å². The summed E-state index contributed by atoms with van der Waals surface area (Å²) in [5, 5.41) is 6.14. The standard InChI is InChI=1S/C19H17ClN2O3/c1-2-25-19(24)21-12-7-9-17-15(11-12)13(8-10-18(23)22-17)14-5-3-4-6-16(14)20/h3-9,11H,2,10H2,1H3,(H,21,24)(H,22,23). The molecule has 0 bridgehead atoms. The highest BCUT2D eigenvalue weighted by Crippen LogP contribution is 2.37. The maximum atomic E-state index is 12.0. The van der Waals surface area contributed by atoms with Gasteiger partial charge in [0.25, 0.3) is 0 Å². The van der Waals surface area contributed by atoms with E-state index in [9.17, 15) is 9.59 Å². The van der Waals surface area contributed by atoms with Crippen LogP contribution in [-0.4, -0.2) is 18.6 Å². The lowest BCUT2D eigenvalue weighted by Crippen LogP contribution is -2.14. The first kappa shape index (κ1) is 17.0. The summed E-state index contributed by atoms with van der Waals surface area (Å²) in [5.74, 6) is -0.102. The molecule has 0 fully saturated rings. The summed E-state index contributed by atoms with van der Waals surface area (Å²) in [6, 6.07) is 12.7. The van der Waals surface area contributed by atoms with Crippen LogP contribution in [0.3, 0.4) is 0 Å². The van der Waals surface area contributed by atoms with Gasteiger partial charge in [-0.25, -0.2) is 4.79 Å². The number of rotatable bonds is 3. The molecule has 0 aliphatic carbocycles. The number of halogens is 1. The Morgan fingerprint density at radius 2 is 2.04 bits per heavy atom. The Balaban J connectivity index is 2.06. The Morgan fingerprint density at radius 3 is 2.80 bits per heavy atom. The predicted molar refractivity (Wildman–Crippen MR) is 98.9 cm³/mol. The fourth-order valence-corrected chi connectivity index (χ4v) is 2.92. The number of hydrogen-bond acceptors (Lipinski definition) is 3. The summed E-state index contributed by atoms with van der Waals surface area (Å²) in [7, 11) is 0. The quantitative estimate of drug-likeness (QED) is 0.838. The number of ether oxygens (including phenoxy) is 1. The molecular formula is C19H17ClN2O3. The van der Waals surface area contributed by atoms with Crippen LogP contribution in [0.15, 0.2) is 48.5 Å². The Hall–Kier alpha value is -2.79. The first-order chi connectivity index (χ1) is 12.1. The lowest BCUT2D eigenvalue weighted by atomic mass is 9.95. The van der Waals surface area contributed by atoms with Crippen molar-refractivity contribution in [3.8, 4) is 0 Å². The van der Waals surface area contributed by atoms with Crippen molar-refractivity contribution in [2.24, 2.45) is 0 Å². The zero-order chi connectivity index (χ0) is 17.8. The van der Waals surface area contributed by atoms with Crippen molar-refractivity contribution in [3.05, 3.63) is 64.7 Å². The van der Waals surface area contributed by atoms with Crippen molar-refractivity contribution in [1.82, 2.24) is 0 Å². The van der Waals surface area contributed by atoms with Gasteiger partial charge in [0.15, 0.2) is 0 Å². The molecule has 0 radical (unpaired) electrons. The van der Waals surface area contributed by atoms with Gasteiger partial charge in [-0.3, -0.25) is 10.1 Å². The number of amides is 2. The van der Waals surface area contributed by atoms with Gasteiger partial charge < -0.3 is 10.1 Å². The molecule has 1 heterocycles. The normalized spacial score (nSPS) is 13.2. The van der Waals surface area contributed by atoms with E-state index in [1.165, 1.54) is 0 Å². The molecule has 2 aromatic rings. The zero-order valence-corrected chi connectivity index (χ0v) is 14.4. The average Bonchev–Trinajstić information content (AvgIpc) is 2.74. The second kappa shape index (κ2) is 7.40. The molecule has 2 aromatic carbocycles. The molecule has 128 valence electrons. The van der Waals surface area contributed by atoms with Gasteiger partial charge in [0.1, 0.15) is 0 Å². The minimum absolute atomic E-state index is 0.102. The predicted octanol–water partition coefficient (Wildman–Crippen LogP) is 4.68. The van der Waals surface area contributed by atoms with Gasteiger partial charge in [-0.2, -0.15) is 0 Å². The molecule has 1 aliphatic heterocycles. The maximum Gasteiger partial charge on any atom is 0.411 e. The van der Waals surface area contributed by atoms with Crippen molar-refractivity contribution >= 4 is 40.5 Å². The Morgan fingerprint density at radius 1 is 1.24 bits per heavy atom. The monoisotopic (exact) mass is 356 g/mol. The molecule has 0 spiro atoms. The Labute approximate surface area is 150 Å². The molecule has 6 heteroatoms. The summed E-state index contributed by atoms with van der Waals surface area (Å²) < 4.78 is 4.91. The highest BCUT2D eigenvalue weighted by atomic mass is 35.5. The lowest BCUT2D eigenvalue weighted by molar-refractivity contribution is -0.115. The highest BCUT2D eigenvalue weighted by Gasteiger charge is 2.19. The summed E-state index contributed by atoms with van der Waals surface area (Å²) in [5.41, 5.74) is 3.70. The number of fused-ring (bicyclic) bond motifs is 1. The number of hydrogen-bond donors (Lipinski definition) is 2. The summed E-state index contributed by atoms with van der Waals surface area (Å²) in [6.07, 6.45) is 1.57. The van der Waals surface area contributed by atoms with Gasteiger partial charge in [-0.1, -0.05) is 35.9 Å². The fraction of sp³-hybridized carbons (Fsp3) is 0.158.